The van der Waals surface area contributed by atoms with E-state index in [9.17, 15) is 4.79 Å². The molecule has 3 heteroatoms. The van der Waals surface area contributed by atoms with Crippen LogP contribution in [0, 0.1) is 6.92 Å². The van der Waals surface area contributed by atoms with Gasteiger partial charge >= 0.3 is 0 Å². The van der Waals surface area contributed by atoms with Crippen LogP contribution in [0.15, 0.2) is 146 Å². The van der Waals surface area contributed by atoms with Crippen LogP contribution in [0.2, 0.25) is 0 Å². The summed E-state index contributed by atoms with van der Waals surface area (Å²) < 4.78 is 2.26. The third-order valence-electron chi connectivity index (χ3n) is 7.51. The number of rotatable bonds is 7. The zero-order valence-corrected chi connectivity index (χ0v) is 21.7. The molecule has 0 fully saturated rings. The van der Waals surface area contributed by atoms with Gasteiger partial charge in [0.15, 0.2) is 0 Å². The van der Waals surface area contributed by atoms with Crippen molar-refractivity contribution < 1.29 is 4.79 Å². The van der Waals surface area contributed by atoms with Gasteiger partial charge in [-0.25, -0.2) is 4.98 Å². The van der Waals surface area contributed by atoms with E-state index in [1.807, 2.05) is 42.7 Å². The van der Waals surface area contributed by atoms with Crippen molar-refractivity contribution >= 4 is 22.6 Å². The standard InChI is InChI=1S/C36H28N2O/c1-27-35(34(24-25-39)33-23-13-15-28-14-11-12-22-32(28)33)37-26-38(27)36(29-16-5-2-6-17-29,30-18-7-3-8-19-30)31-20-9-4-10-21-31/h2-26H,1H3/b34-24-. The van der Waals surface area contributed by atoms with Crippen molar-refractivity contribution in [1.29, 1.82) is 0 Å². The van der Waals surface area contributed by atoms with Crippen molar-refractivity contribution in [2.75, 3.05) is 0 Å². The van der Waals surface area contributed by atoms with Crippen molar-refractivity contribution in [3.63, 3.8) is 0 Å². The second kappa shape index (κ2) is 10.4. The van der Waals surface area contributed by atoms with Crippen LogP contribution >= 0.6 is 0 Å². The van der Waals surface area contributed by atoms with Gasteiger partial charge in [-0.2, -0.15) is 0 Å². The maximum atomic E-state index is 12.0. The number of hydrogen-bond acceptors (Lipinski definition) is 2. The van der Waals surface area contributed by atoms with E-state index < -0.39 is 5.54 Å². The third kappa shape index (κ3) is 4.09. The number of aromatic nitrogens is 2. The molecular formula is C36H28N2O. The Balaban J connectivity index is 1.66. The van der Waals surface area contributed by atoms with Gasteiger partial charge in [0.05, 0.1) is 12.0 Å². The monoisotopic (exact) mass is 504 g/mol. The molecule has 1 aromatic heterocycles. The topological polar surface area (TPSA) is 34.9 Å². The van der Waals surface area contributed by atoms with Gasteiger partial charge < -0.3 is 4.57 Å². The molecule has 6 rings (SSSR count). The van der Waals surface area contributed by atoms with Gasteiger partial charge in [-0.1, -0.05) is 133 Å². The molecule has 188 valence electrons. The second-order valence-electron chi connectivity index (χ2n) is 9.60. The van der Waals surface area contributed by atoms with Crippen molar-refractivity contribution in [3.05, 3.63) is 180 Å². The number of aldehydes is 1. The number of nitrogens with zero attached hydrogens (tertiary/aromatic N) is 2. The minimum Gasteiger partial charge on any atom is -0.316 e. The Labute approximate surface area is 228 Å². The highest BCUT2D eigenvalue weighted by Crippen LogP contribution is 2.43. The highest BCUT2D eigenvalue weighted by Gasteiger charge is 2.39. The molecule has 39 heavy (non-hydrogen) atoms. The van der Waals surface area contributed by atoms with Crippen LogP contribution in [0.5, 0.6) is 0 Å². The average Bonchev–Trinajstić information content (AvgIpc) is 3.38. The van der Waals surface area contributed by atoms with Crippen LogP contribution in [-0.2, 0) is 10.3 Å². The van der Waals surface area contributed by atoms with Crippen molar-refractivity contribution in [2.24, 2.45) is 0 Å². The van der Waals surface area contributed by atoms with E-state index in [-0.39, 0.29) is 0 Å². The molecule has 0 amide bonds. The minimum atomic E-state index is -0.676. The molecule has 0 saturated heterocycles. The lowest BCUT2D eigenvalue weighted by Gasteiger charge is -2.38. The van der Waals surface area contributed by atoms with Gasteiger partial charge in [0.2, 0.25) is 0 Å². The fourth-order valence-electron chi connectivity index (χ4n) is 5.79. The third-order valence-corrected chi connectivity index (χ3v) is 7.51. The first-order valence-electron chi connectivity index (χ1n) is 13.1. The Hall–Kier alpha value is -5.02. The van der Waals surface area contributed by atoms with E-state index in [0.717, 1.165) is 56.3 Å². The zero-order chi connectivity index (χ0) is 26.7. The smallest absolute Gasteiger partial charge is 0.143 e. The summed E-state index contributed by atoms with van der Waals surface area (Å²) in [5.74, 6) is 0. The Morgan fingerprint density at radius 3 is 1.74 bits per heavy atom. The molecule has 5 aromatic carbocycles. The van der Waals surface area contributed by atoms with Crippen LogP contribution < -0.4 is 0 Å². The van der Waals surface area contributed by atoms with Crippen molar-refractivity contribution in [2.45, 2.75) is 12.5 Å². The van der Waals surface area contributed by atoms with Crippen LogP contribution in [-0.4, -0.2) is 15.8 Å². The fourth-order valence-corrected chi connectivity index (χ4v) is 5.79. The van der Waals surface area contributed by atoms with Crippen LogP contribution in [0.3, 0.4) is 0 Å². The lowest BCUT2D eigenvalue weighted by Crippen LogP contribution is -2.38. The zero-order valence-electron chi connectivity index (χ0n) is 21.7. The van der Waals surface area contributed by atoms with Crippen LogP contribution in [0.25, 0.3) is 16.3 Å². The summed E-state index contributed by atoms with van der Waals surface area (Å²) in [5, 5.41) is 2.21. The Morgan fingerprint density at radius 1 is 0.667 bits per heavy atom. The van der Waals surface area contributed by atoms with Gasteiger partial charge in [-0.3, -0.25) is 4.79 Å². The van der Waals surface area contributed by atoms with Gasteiger partial charge in [0.25, 0.3) is 0 Å². The van der Waals surface area contributed by atoms with E-state index in [1.165, 1.54) is 0 Å². The molecular weight excluding hydrogens is 476 g/mol. The maximum Gasteiger partial charge on any atom is 0.143 e. The minimum absolute atomic E-state index is 0.676. The first-order valence-corrected chi connectivity index (χ1v) is 13.1. The Bertz CT molecular complexity index is 1670. The highest BCUT2D eigenvalue weighted by atomic mass is 16.1. The molecule has 0 saturated carbocycles. The average molecular weight is 505 g/mol. The number of carbonyl (C=O) groups is 1. The molecule has 0 N–H and O–H groups in total. The fraction of sp³-hybridized carbons (Fsp3) is 0.0556. The number of carbonyl (C=O) groups excluding carboxylic acids is 1. The molecule has 0 unspecified atom stereocenters. The van der Waals surface area contributed by atoms with Crippen molar-refractivity contribution in [3.8, 4) is 0 Å². The van der Waals surface area contributed by atoms with E-state index in [4.69, 9.17) is 4.98 Å². The summed E-state index contributed by atoms with van der Waals surface area (Å²) in [6.07, 6.45) is 4.41. The van der Waals surface area contributed by atoms with Gasteiger partial charge in [-0.05, 0) is 46.0 Å². The summed E-state index contributed by atoms with van der Waals surface area (Å²) >= 11 is 0. The molecule has 1 heterocycles. The molecule has 3 nitrogen and oxygen atoms in total. The first-order chi connectivity index (χ1) is 19.2. The SMILES string of the molecule is Cc1c(/C(=C\C=O)c2cccc3ccccc23)ncn1C(c1ccccc1)(c1ccccc1)c1ccccc1. The summed E-state index contributed by atoms with van der Waals surface area (Å²) in [7, 11) is 0. The van der Waals surface area contributed by atoms with E-state index >= 15 is 0 Å². The molecule has 0 aliphatic carbocycles. The number of benzene rings is 5. The number of hydrogen-bond donors (Lipinski definition) is 0. The normalized spacial score (nSPS) is 12.0. The van der Waals surface area contributed by atoms with Gasteiger partial charge in [0, 0.05) is 11.3 Å². The van der Waals surface area contributed by atoms with Crippen LogP contribution in [0.4, 0.5) is 0 Å². The molecule has 0 bridgehead atoms. The van der Waals surface area contributed by atoms with Crippen LogP contribution in [0.1, 0.15) is 33.6 Å². The van der Waals surface area contributed by atoms with E-state index in [0.29, 0.717) is 0 Å². The summed E-state index contributed by atoms with van der Waals surface area (Å²) in [6.45, 7) is 2.09. The van der Waals surface area contributed by atoms with Gasteiger partial charge in [-0.15, -0.1) is 0 Å². The van der Waals surface area contributed by atoms with Crippen molar-refractivity contribution in [1.82, 2.24) is 9.55 Å². The molecule has 0 aliphatic rings. The molecule has 6 aromatic rings. The summed E-state index contributed by atoms with van der Waals surface area (Å²) in [5.41, 5.74) is 6.24. The quantitative estimate of drug-likeness (QED) is 0.126. The van der Waals surface area contributed by atoms with Gasteiger partial charge in [0.1, 0.15) is 11.8 Å². The first kappa shape index (κ1) is 24.3. The maximum absolute atomic E-state index is 12.0. The summed E-state index contributed by atoms with van der Waals surface area (Å²) in [6, 6.07) is 46.1. The van der Waals surface area contributed by atoms with E-state index in [1.54, 1.807) is 6.08 Å². The molecule has 0 aliphatic heterocycles. The summed E-state index contributed by atoms with van der Waals surface area (Å²) in [4.78, 5) is 17.0. The number of fused-ring (bicyclic) bond motifs is 1. The predicted molar refractivity (Wildman–Crippen MR) is 159 cm³/mol. The molecule has 0 atom stereocenters. The molecule has 0 spiro atoms. The van der Waals surface area contributed by atoms with E-state index in [2.05, 4.69) is 109 Å². The second-order valence-corrected chi connectivity index (χ2v) is 9.60. The Kier molecular flexibility index (Phi) is 6.48. The lowest BCUT2D eigenvalue weighted by molar-refractivity contribution is -0.104. The molecule has 0 radical (unpaired) electrons. The number of imidazole rings is 1. The largest absolute Gasteiger partial charge is 0.316 e. The lowest BCUT2D eigenvalue weighted by atomic mass is 9.76. The number of allylic oxidation sites excluding steroid dienone is 1. The Morgan fingerprint density at radius 2 is 1.18 bits per heavy atom. The predicted octanol–water partition coefficient (Wildman–Crippen LogP) is 7.82. The highest BCUT2D eigenvalue weighted by molar-refractivity contribution is 6.00.